The summed E-state index contributed by atoms with van der Waals surface area (Å²) in [4.78, 5) is 38.9. The quantitative estimate of drug-likeness (QED) is 0.431. The van der Waals surface area contributed by atoms with Crippen LogP contribution in [0.25, 0.3) is 11.1 Å². The van der Waals surface area contributed by atoms with Crippen molar-refractivity contribution in [3.63, 3.8) is 0 Å². The van der Waals surface area contributed by atoms with Crippen molar-refractivity contribution in [1.29, 1.82) is 0 Å². The first-order valence-corrected chi connectivity index (χ1v) is 10.6. The number of rotatable bonds is 7. The molecule has 0 radical (unpaired) electrons. The maximum Gasteiger partial charge on any atom is 0.413 e. The van der Waals surface area contributed by atoms with Gasteiger partial charge in [0.1, 0.15) is 12.3 Å². The van der Waals surface area contributed by atoms with Gasteiger partial charge in [0.2, 0.25) is 0 Å². The van der Waals surface area contributed by atoms with Crippen molar-refractivity contribution in [3.05, 3.63) is 70.7 Å². The summed E-state index contributed by atoms with van der Waals surface area (Å²) in [5.74, 6) is -2.19. The summed E-state index contributed by atoms with van der Waals surface area (Å²) in [7, 11) is 0. The minimum absolute atomic E-state index is 0.0125. The van der Waals surface area contributed by atoms with E-state index in [0.29, 0.717) is 0 Å². The fourth-order valence-corrected chi connectivity index (χ4v) is 4.20. The number of hydrogen-bond donors (Lipinski definition) is 4. The molecule has 0 saturated heterocycles. The highest BCUT2D eigenvalue weighted by Gasteiger charge is 2.29. The number of anilines is 1. The van der Waals surface area contributed by atoms with E-state index >= 15 is 0 Å². The monoisotopic (exact) mass is 453 g/mol. The van der Waals surface area contributed by atoms with Crippen molar-refractivity contribution >= 4 is 34.4 Å². The van der Waals surface area contributed by atoms with Gasteiger partial charge in [0, 0.05) is 11.3 Å². The number of nitrogens with one attached hydrogen (secondary N) is 2. The normalized spacial score (nSPS) is 13.0. The zero-order chi connectivity index (χ0) is 22.7. The second-order valence-electron chi connectivity index (χ2n) is 7.05. The number of aromatic nitrogens is 1. The number of nitrogens with zero attached hydrogens (tertiary/aromatic N) is 1. The third kappa shape index (κ3) is 4.46. The number of carboxylic acid groups (broad SMARTS) is 1. The van der Waals surface area contributed by atoms with Crippen LogP contribution < -0.4 is 10.6 Å². The topological polar surface area (TPSA) is 138 Å². The number of carboxylic acids is 1. The first-order valence-electron chi connectivity index (χ1n) is 9.70. The molecule has 0 spiro atoms. The first kappa shape index (κ1) is 21.5. The number of carbonyl (C=O) groups is 3. The van der Waals surface area contributed by atoms with Gasteiger partial charge in [-0.25, -0.2) is 14.6 Å². The largest absolute Gasteiger partial charge is 0.479 e. The molecule has 1 aromatic heterocycles. The standard InChI is InChI=1S/C22H19N3O6S/c26-18(20(28)29)9-23-19(27)17-11-32-21(24-17)25-22(30)31-10-16-14-7-3-1-5-12(14)13-6-2-4-8-15(13)16/h1-8,11,16,18,26H,9-10H2,(H,23,27)(H,28,29)(H,24,25,30)/t18-/m0/s1. The molecule has 32 heavy (non-hydrogen) atoms. The number of amides is 2. The highest BCUT2D eigenvalue weighted by molar-refractivity contribution is 7.14. The van der Waals surface area contributed by atoms with E-state index < -0.39 is 30.6 Å². The molecule has 0 fully saturated rings. The number of aliphatic hydroxyl groups is 1. The molecule has 4 rings (SSSR count). The Morgan fingerprint density at radius 1 is 1.06 bits per heavy atom. The molecular weight excluding hydrogens is 434 g/mol. The number of ether oxygens (including phenoxy) is 1. The lowest BCUT2D eigenvalue weighted by Crippen LogP contribution is -2.36. The molecule has 0 unspecified atom stereocenters. The van der Waals surface area contributed by atoms with E-state index in [2.05, 4.69) is 15.6 Å². The number of benzene rings is 2. The Hall–Kier alpha value is -3.76. The van der Waals surface area contributed by atoms with Crippen LogP contribution in [0.4, 0.5) is 9.93 Å². The van der Waals surface area contributed by atoms with Gasteiger partial charge in [-0.2, -0.15) is 0 Å². The number of hydrogen-bond acceptors (Lipinski definition) is 7. The lowest BCUT2D eigenvalue weighted by Gasteiger charge is -2.14. The average Bonchev–Trinajstić information content (AvgIpc) is 3.38. The predicted octanol–water partition coefficient (Wildman–Crippen LogP) is 2.68. The highest BCUT2D eigenvalue weighted by Crippen LogP contribution is 2.44. The summed E-state index contributed by atoms with van der Waals surface area (Å²) in [6.07, 6.45) is -2.41. The van der Waals surface area contributed by atoms with E-state index in [9.17, 15) is 19.5 Å². The van der Waals surface area contributed by atoms with Crippen LogP contribution in [0.15, 0.2) is 53.9 Å². The Kier molecular flexibility index (Phi) is 6.15. The molecule has 1 aliphatic rings. The van der Waals surface area contributed by atoms with Crippen molar-refractivity contribution in [3.8, 4) is 11.1 Å². The van der Waals surface area contributed by atoms with Crippen molar-refractivity contribution in [2.75, 3.05) is 18.5 Å². The van der Waals surface area contributed by atoms with Crippen LogP contribution in [-0.2, 0) is 9.53 Å². The number of aliphatic carboxylic acids is 1. The summed E-state index contributed by atoms with van der Waals surface area (Å²) in [6, 6.07) is 16.0. The Balaban J connectivity index is 1.34. The molecule has 0 saturated carbocycles. The Morgan fingerprint density at radius 2 is 1.69 bits per heavy atom. The van der Waals surface area contributed by atoms with Gasteiger partial charge in [-0.1, -0.05) is 48.5 Å². The molecular formula is C22H19N3O6S. The maximum absolute atomic E-state index is 12.3. The number of carbonyl (C=O) groups excluding carboxylic acids is 2. The molecule has 2 aromatic carbocycles. The van der Waals surface area contributed by atoms with Crippen LogP contribution in [0.1, 0.15) is 27.5 Å². The molecule has 2 amide bonds. The van der Waals surface area contributed by atoms with Gasteiger partial charge >= 0.3 is 12.1 Å². The van der Waals surface area contributed by atoms with E-state index in [1.165, 1.54) is 5.38 Å². The van der Waals surface area contributed by atoms with Gasteiger partial charge in [-0.3, -0.25) is 10.1 Å². The van der Waals surface area contributed by atoms with Crippen molar-refractivity contribution in [2.45, 2.75) is 12.0 Å². The Labute approximate surface area is 186 Å². The summed E-state index contributed by atoms with van der Waals surface area (Å²) in [6.45, 7) is -0.313. The van der Waals surface area contributed by atoms with Gasteiger partial charge < -0.3 is 20.3 Å². The van der Waals surface area contributed by atoms with Crippen LogP contribution in [0.3, 0.4) is 0 Å². The third-order valence-electron chi connectivity index (χ3n) is 5.03. The molecule has 1 atom stereocenters. The lowest BCUT2D eigenvalue weighted by atomic mass is 9.98. The fraction of sp³-hybridized carbons (Fsp3) is 0.182. The first-order chi connectivity index (χ1) is 15.4. The third-order valence-corrected chi connectivity index (χ3v) is 5.79. The Bertz CT molecular complexity index is 1130. The van der Waals surface area contributed by atoms with Crippen LogP contribution in [-0.4, -0.2) is 52.4 Å². The van der Waals surface area contributed by atoms with Gasteiger partial charge in [0.05, 0.1) is 6.54 Å². The van der Waals surface area contributed by atoms with Gasteiger partial charge in [-0.15, -0.1) is 11.3 Å². The van der Waals surface area contributed by atoms with E-state index in [-0.39, 0.29) is 23.4 Å². The van der Waals surface area contributed by atoms with Crippen molar-refractivity contribution < 1.29 is 29.3 Å². The van der Waals surface area contributed by atoms with E-state index in [4.69, 9.17) is 9.84 Å². The van der Waals surface area contributed by atoms with Crippen LogP contribution in [0, 0.1) is 0 Å². The smallest absolute Gasteiger partial charge is 0.413 e. The summed E-state index contributed by atoms with van der Waals surface area (Å²) >= 11 is 1.02. The van der Waals surface area contributed by atoms with Gasteiger partial charge in [-0.05, 0) is 22.3 Å². The summed E-state index contributed by atoms with van der Waals surface area (Å²) in [5.41, 5.74) is 4.43. The summed E-state index contributed by atoms with van der Waals surface area (Å²) in [5, 5.41) is 24.2. The maximum atomic E-state index is 12.3. The predicted molar refractivity (Wildman–Crippen MR) is 117 cm³/mol. The second kappa shape index (κ2) is 9.16. The minimum Gasteiger partial charge on any atom is -0.479 e. The van der Waals surface area contributed by atoms with Crippen LogP contribution in [0.2, 0.25) is 0 Å². The molecule has 4 N–H and O–H groups in total. The van der Waals surface area contributed by atoms with Crippen molar-refractivity contribution in [2.24, 2.45) is 0 Å². The average molecular weight is 453 g/mol. The van der Waals surface area contributed by atoms with E-state index in [1.54, 1.807) is 0 Å². The van der Waals surface area contributed by atoms with E-state index in [1.807, 2.05) is 48.5 Å². The molecule has 0 aliphatic heterocycles. The molecule has 164 valence electrons. The lowest BCUT2D eigenvalue weighted by molar-refractivity contribution is -0.146. The van der Waals surface area contributed by atoms with Crippen LogP contribution in [0.5, 0.6) is 0 Å². The molecule has 10 heteroatoms. The molecule has 3 aromatic rings. The highest BCUT2D eigenvalue weighted by atomic mass is 32.1. The second-order valence-corrected chi connectivity index (χ2v) is 7.91. The zero-order valence-corrected chi connectivity index (χ0v) is 17.5. The zero-order valence-electron chi connectivity index (χ0n) is 16.6. The molecule has 1 heterocycles. The number of fused-ring (bicyclic) bond motifs is 3. The molecule has 1 aliphatic carbocycles. The number of thiazole rings is 1. The molecule has 9 nitrogen and oxygen atoms in total. The van der Waals surface area contributed by atoms with Crippen LogP contribution >= 0.6 is 11.3 Å². The fourth-order valence-electron chi connectivity index (χ4n) is 3.52. The minimum atomic E-state index is -1.71. The number of aliphatic hydroxyl groups excluding tert-OH is 1. The van der Waals surface area contributed by atoms with Crippen molar-refractivity contribution in [1.82, 2.24) is 10.3 Å². The van der Waals surface area contributed by atoms with Gasteiger partial charge in [0.25, 0.3) is 5.91 Å². The van der Waals surface area contributed by atoms with Gasteiger partial charge in [0.15, 0.2) is 11.2 Å². The van der Waals surface area contributed by atoms with E-state index in [0.717, 1.165) is 33.6 Å². The molecule has 0 bridgehead atoms. The SMILES string of the molecule is O=C(Nc1nc(C(=O)NC[C@H](O)C(=O)O)cs1)OCC1c2ccccc2-c2ccccc21. The summed E-state index contributed by atoms with van der Waals surface area (Å²) < 4.78 is 5.44. The Morgan fingerprint density at radius 3 is 2.31 bits per heavy atom.